The summed E-state index contributed by atoms with van der Waals surface area (Å²) in [6.45, 7) is 1.94. The van der Waals surface area contributed by atoms with Gasteiger partial charge in [-0.1, -0.05) is 29.8 Å². The van der Waals surface area contributed by atoms with Crippen molar-refractivity contribution in [1.29, 1.82) is 0 Å². The largest absolute Gasteiger partial charge is 0.283 e. The van der Waals surface area contributed by atoms with Crippen LogP contribution in [0.2, 0.25) is 0 Å². The highest BCUT2D eigenvalue weighted by molar-refractivity contribution is 7.91. The third-order valence-electron chi connectivity index (χ3n) is 3.11. The van der Waals surface area contributed by atoms with E-state index in [4.69, 9.17) is 0 Å². The van der Waals surface area contributed by atoms with Crippen LogP contribution in [0, 0.1) is 6.92 Å². The van der Waals surface area contributed by atoms with Gasteiger partial charge in [-0.25, -0.2) is 12.9 Å². The summed E-state index contributed by atoms with van der Waals surface area (Å²) >= 11 is 0. The Balaban J connectivity index is 1.82. The molecule has 1 N–H and O–H groups in total. The van der Waals surface area contributed by atoms with Crippen LogP contribution in [0.25, 0.3) is 5.52 Å². The van der Waals surface area contributed by atoms with Gasteiger partial charge in [-0.3, -0.25) is 4.72 Å². The molecule has 1 aromatic carbocycles. The van der Waals surface area contributed by atoms with E-state index in [1.54, 1.807) is 29.0 Å². The minimum absolute atomic E-state index is 0.0425. The number of anilines is 1. The van der Waals surface area contributed by atoms with Crippen molar-refractivity contribution in [3.63, 3.8) is 0 Å². The van der Waals surface area contributed by atoms with Crippen molar-refractivity contribution in [1.82, 2.24) is 9.61 Å². The van der Waals surface area contributed by atoms with E-state index in [-0.39, 0.29) is 5.75 Å². The van der Waals surface area contributed by atoms with Crippen LogP contribution >= 0.6 is 0 Å². The van der Waals surface area contributed by atoms with E-state index in [9.17, 15) is 8.42 Å². The van der Waals surface area contributed by atoms with Crippen LogP contribution in [0.1, 0.15) is 11.1 Å². The van der Waals surface area contributed by atoms with E-state index in [1.807, 2.05) is 37.3 Å². The summed E-state index contributed by atoms with van der Waals surface area (Å²) in [4.78, 5) is 0. The van der Waals surface area contributed by atoms with Crippen LogP contribution in [0.15, 0.2) is 54.9 Å². The zero-order valence-electron chi connectivity index (χ0n) is 11.5. The van der Waals surface area contributed by atoms with Crippen molar-refractivity contribution < 1.29 is 8.42 Å². The molecule has 0 aliphatic rings. The summed E-state index contributed by atoms with van der Waals surface area (Å²) in [7, 11) is -3.44. The lowest BCUT2D eigenvalue weighted by molar-refractivity contribution is 0.600. The van der Waals surface area contributed by atoms with Crippen LogP contribution < -0.4 is 4.72 Å². The monoisotopic (exact) mass is 301 g/mol. The molecule has 3 aromatic rings. The first-order chi connectivity index (χ1) is 10.0. The molecular weight excluding hydrogens is 286 g/mol. The minimum Gasteiger partial charge on any atom is -0.283 e. The molecule has 0 amide bonds. The van der Waals surface area contributed by atoms with E-state index in [2.05, 4.69) is 9.82 Å². The SMILES string of the molecule is Cc1cccc(CS(=O)(=O)Nc2ccn3nccc3c2)c1. The molecule has 0 unspecified atom stereocenters. The number of hydrogen-bond acceptors (Lipinski definition) is 3. The first-order valence-electron chi connectivity index (χ1n) is 6.51. The third-order valence-corrected chi connectivity index (χ3v) is 4.37. The van der Waals surface area contributed by atoms with E-state index in [1.165, 1.54) is 0 Å². The molecule has 3 rings (SSSR count). The molecule has 0 saturated carbocycles. The molecule has 0 spiro atoms. The Morgan fingerprint density at radius 1 is 1.19 bits per heavy atom. The maximum atomic E-state index is 12.2. The van der Waals surface area contributed by atoms with Gasteiger partial charge in [-0.05, 0) is 30.7 Å². The maximum Gasteiger partial charge on any atom is 0.236 e. The van der Waals surface area contributed by atoms with E-state index in [0.29, 0.717) is 5.69 Å². The number of benzene rings is 1. The van der Waals surface area contributed by atoms with Gasteiger partial charge in [0.25, 0.3) is 0 Å². The fraction of sp³-hybridized carbons (Fsp3) is 0.133. The lowest BCUT2D eigenvalue weighted by Gasteiger charge is -2.09. The summed E-state index contributed by atoms with van der Waals surface area (Å²) < 4.78 is 28.7. The second-order valence-corrected chi connectivity index (χ2v) is 6.69. The van der Waals surface area contributed by atoms with Crippen molar-refractivity contribution in [3.8, 4) is 0 Å². The van der Waals surface area contributed by atoms with Crippen molar-refractivity contribution in [3.05, 3.63) is 66.0 Å². The molecule has 0 aliphatic heterocycles. The van der Waals surface area contributed by atoms with Gasteiger partial charge in [0.2, 0.25) is 10.0 Å². The van der Waals surface area contributed by atoms with Crippen molar-refractivity contribution in [2.45, 2.75) is 12.7 Å². The molecule has 0 radical (unpaired) electrons. The Morgan fingerprint density at radius 3 is 2.86 bits per heavy atom. The highest BCUT2D eigenvalue weighted by Gasteiger charge is 2.12. The zero-order chi connectivity index (χ0) is 14.9. The van der Waals surface area contributed by atoms with Gasteiger partial charge in [-0.15, -0.1) is 0 Å². The van der Waals surface area contributed by atoms with Crippen LogP contribution in [-0.4, -0.2) is 18.0 Å². The molecule has 0 bridgehead atoms. The standard InChI is InChI=1S/C15H15N3O2S/c1-12-3-2-4-13(9-12)11-21(19,20)17-14-6-8-18-15(10-14)5-7-16-18/h2-10,17H,11H2,1H3. The summed E-state index contributed by atoms with van der Waals surface area (Å²) in [5.41, 5.74) is 3.19. The first-order valence-corrected chi connectivity index (χ1v) is 8.16. The first kappa shape index (κ1) is 13.6. The molecule has 21 heavy (non-hydrogen) atoms. The number of hydrogen-bond donors (Lipinski definition) is 1. The molecule has 108 valence electrons. The predicted molar refractivity (Wildman–Crippen MR) is 82.6 cm³/mol. The Morgan fingerprint density at radius 2 is 2.05 bits per heavy atom. The number of rotatable bonds is 4. The van der Waals surface area contributed by atoms with Gasteiger partial charge in [0, 0.05) is 12.4 Å². The number of nitrogens with zero attached hydrogens (tertiary/aromatic N) is 2. The Labute approximate surface area is 123 Å². The topological polar surface area (TPSA) is 63.5 Å². The molecule has 0 aliphatic carbocycles. The second kappa shape index (κ2) is 5.21. The lowest BCUT2D eigenvalue weighted by Crippen LogP contribution is -2.15. The van der Waals surface area contributed by atoms with Crippen molar-refractivity contribution in [2.75, 3.05) is 4.72 Å². The molecule has 0 atom stereocenters. The average Bonchev–Trinajstić information content (AvgIpc) is 2.84. The average molecular weight is 301 g/mol. The zero-order valence-corrected chi connectivity index (χ0v) is 12.3. The molecule has 6 heteroatoms. The quantitative estimate of drug-likeness (QED) is 0.805. The normalized spacial score (nSPS) is 11.7. The second-order valence-electron chi connectivity index (χ2n) is 4.97. The number of fused-ring (bicyclic) bond motifs is 1. The number of pyridine rings is 1. The summed E-state index contributed by atoms with van der Waals surface area (Å²) in [6, 6.07) is 12.7. The number of aryl methyl sites for hydroxylation is 1. The smallest absolute Gasteiger partial charge is 0.236 e. The minimum atomic E-state index is -3.44. The number of nitrogens with one attached hydrogen (secondary N) is 1. The van der Waals surface area contributed by atoms with Crippen molar-refractivity contribution in [2.24, 2.45) is 0 Å². The van der Waals surface area contributed by atoms with Gasteiger partial charge < -0.3 is 0 Å². The maximum absolute atomic E-state index is 12.2. The predicted octanol–water partition coefficient (Wildman–Crippen LogP) is 2.58. The summed E-state index contributed by atoms with van der Waals surface area (Å²) in [5, 5.41) is 4.07. The van der Waals surface area contributed by atoms with E-state index >= 15 is 0 Å². The summed E-state index contributed by atoms with van der Waals surface area (Å²) in [6.07, 6.45) is 3.39. The lowest BCUT2D eigenvalue weighted by atomic mass is 10.2. The third kappa shape index (κ3) is 3.22. The molecule has 0 saturated heterocycles. The fourth-order valence-electron chi connectivity index (χ4n) is 2.22. The van der Waals surface area contributed by atoms with Crippen molar-refractivity contribution >= 4 is 21.2 Å². The highest BCUT2D eigenvalue weighted by Crippen LogP contribution is 2.15. The van der Waals surface area contributed by atoms with Crippen LogP contribution in [0.5, 0.6) is 0 Å². The highest BCUT2D eigenvalue weighted by atomic mass is 32.2. The van der Waals surface area contributed by atoms with Gasteiger partial charge in [0.1, 0.15) is 0 Å². The van der Waals surface area contributed by atoms with Gasteiger partial charge >= 0.3 is 0 Å². The number of aromatic nitrogens is 2. The van der Waals surface area contributed by atoms with Crippen LogP contribution in [0.3, 0.4) is 0 Å². The molecule has 2 heterocycles. The fourth-order valence-corrected chi connectivity index (χ4v) is 3.40. The molecule has 0 fully saturated rings. The Bertz CT molecular complexity index is 885. The summed E-state index contributed by atoms with van der Waals surface area (Å²) in [5.74, 6) is -0.0425. The Hall–Kier alpha value is -2.34. The van der Waals surface area contributed by atoms with Gasteiger partial charge in [0.05, 0.1) is 17.0 Å². The Kier molecular flexibility index (Phi) is 3.39. The molecule has 2 aromatic heterocycles. The van der Waals surface area contributed by atoms with Crippen LogP contribution in [0.4, 0.5) is 5.69 Å². The van der Waals surface area contributed by atoms with Gasteiger partial charge in [0.15, 0.2) is 0 Å². The molecule has 5 nitrogen and oxygen atoms in total. The van der Waals surface area contributed by atoms with Crippen LogP contribution in [-0.2, 0) is 15.8 Å². The van der Waals surface area contributed by atoms with E-state index in [0.717, 1.165) is 16.6 Å². The van der Waals surface area contributed by atoms with Gasteiger partial charge in [-0.2, -0.15) is 5.10 Å². The van der Waals surface area contributed by atoms with E-state index < -0.39 is 10.0 Å². The molecular formula is C15H15N3O2S. The number of sulfonamides is 1.